The molecule has 0 aliphatic carbocycles. The van der Waals surface area contributed by atoms with E-state index >= 15 is 0 Å². The Morgan fingerprint density at radius 1 is 1.17 bits per heavy atom. The van der Waals surface area contributed by atoms with Gasteiger partial charge in [0, 0.05) is 5.56 Å². The number of carbonyl (C=O) groups is 2. The lowest BCUT2D eigenvalue weighted by Gasteiger charge is -2.23. The molecule has 122 valence electrons. The summed E-state index contributed by atoms with van der Waals surface area (Å²) >= 11 is 0. The molecule has 2 aliphatic rings. The number of methoxy groups -OCH3 is 2. The third kappa shape index (κ3) is 2.62. The summed E-state index contributed by atoms with van der Waals surface area (Å²) in [6.07, 6.45) is 0. The number of fused-ring (bicyclic) bond motifs is 2. The largest absolute Gasteiger partial charge is 0.492 e. The zero-order valence-corrected chi connectivity index (χ0v) is 12.9. The van der Waals surface area contributed by atoms with Gasteiger partial charge in [-0.3, -0.25) is 9.59 Å². The molecule has 0 fully saturated rings. The van der Waals surface area contributed by atoms with E-state index in [4.69, 9.17) is 19.0 Å². The van der Waals surface area contributed by atoms with Crippen LogP contribution in [0, 0.1) is 11.8 Å². The van der Waals surface area contributed by atoms with E-state index in [0.29, 0.717) is 30.2 Å². The predicted molar refractivity (Wildman–Crippen MR) is 79.1 cm³/mol. The summed E-state index contributed by atoms with van der Waals surface area (Å²) in [5, 5.41) is 4.07. The third-order valence-electron chi connectivity index (χ3n) is 4.12. The van der Waals surface area contributed by atoms with Gasteiger partial charge in [-0.1, -0.05) is 23.4 Å². The number of carbonyl (C=O) groups excluding carboxylic acids is 2. The molecule has 0 bridgehead atoms. The van der Waals surface area contributed by atoms with Gasteiger partial charge in [-0.2, -0.15) is 0 Å². The molecule has 1 aromatic rings. The number of ether oxygens (including phenoxy) is 3. The highest BCUT2D eigenvalue weighted by Gasteiger charge is 2.47. The molecule has 23 heavy (non-hydrogen) atoms. The number of oxime groups is 1. The van der Waals surface area contributed by atoms with E-state index in [9.17, 15) is 9.59 Å². The zero-order valence-electron chi connectivity index (χ0n) is 12.9. The lowest BCUT2D eigenvalue weighted by Crippen LogP contribution is -2.37. The van der Waals surface area contributed by atoms with Crippen LogP contribution in [-0.4, -0.2) is 45.1 Å². The van der Waals surface area contributed by atoms with Gasteiger partial charge in [0.25, 0.3) is 0 Å². The average molecular weight is 319 g/mol. The van der Waals surface area contributed by atoms with E-state index in [-0.39, 0.29) is 5.92 Å². The Hall–Kier alpha value is -2.57. The monoisotopic (exact) mass is 319 g/mol. The van der Waals surface area contributed by atoms with Crippen molar-refractivity contribution in [2.75, 3.05) is 27.4 Å². The Kier molecular flexibility index (Phi) is 4.18. The highest BCUT2D eigenvalue weighted by Crippen LogP contribution is 2.40. The van der Waals surface area contributed by atoms with E-state index in [1.807, 2.05) is 18.2 Å². The van der Waals surface area contributed by atoms with Gasteiger partial charge in [0.15, 0.2) is 5.92 Å². The van der Waals surface area contributed by atoms with E-state index in [1.54, 1.807) is 6.07 Å². The fourth-order valence-corrected chi connectivity index (χ4v) is 3.00. The minimum absolute atomic E-state index is 0.121. The first-order chi connectivity index (χ1) is 11.2. The van der Waals surface area contributed by atoms with Crippen LogP contribution in [0.1, 0.15) is 11.5 Å². The molecule has 2 atom stereocenters. The van der Waals surface area contributed by atoms with Gasteiger partial charge in [0.1, 0.15) is 12.4 Å². The zero-order chi connectivity index (χ0) is 16.4. The average Bonchev–Trinajstić information content (AvgIpc) is 2.99. The summed E-state index contributed by atoms with van der Waals surface area (Å²) in [6, 6.07) is 7.26. The Labute approximate surface area is 133 Å². The van der Waals surface area contributed by atoms with Gasteiger partial charge in [0.05, 0.1) is 38.4 Å². The van der Waals surface area contributed by atoms with E-state index in [1.165, 1.54) is 14.2 Å². The van der Waals surface area contributed by atoms with Crippen molar-refractivity contribution >= 4 is 17.7 Å². The molecular weight excluding hydrogens is 302 g/mol. The number of nitrogens with zero attached hydrogens (tertiary/aromatic N) is 1. The Morgan fingerprint density at radius 2 is 1.87 bits per heavy atom. The van der Waals surface area contributed by atoms with Crippen molar-refractivity contribution in [3.8, 4) is 5.75 Å². The van der Waals surface area contributed by atoms with E-state index in [0.717, 1.165) is 0 Å². The van der Waals surface area contributed by atoms with E-state index in [2.05, 4.69) is 5.16 Å². The molecule has 2 aliphatic heterocycles. The number of rotatable bonds is 3. The highest BCUT2D eigenvalue weighted by atomic mass is 16.6. The molecule has 0 spiro atoms. The smallest absolute Gasteiger partial charge is 0.321 e. The Balaban J connectivity index is 2.14. The van der Waals surface area contributed by atoms with Crippen molar-refractivity contribution < 1.29 is 28.6 Å². The molecular formula is C16H17NO6. The lowest BCUT2D eigenvalue weighted by atomic mass is 9.78. The summed E-state index contributed by atoms with van der Waals surface area (Å²) < 4.78 is 15.4. The van der Waals surface area contributed by atoms with Crippen LogP contribution in [0.2, 0.25) is 0 Å². The lowest BCUT2D eigenvalue weighted by molar-refractivity contribution is -0.159. The fraction of sp³-hybridized carbons (Fsp3) is 0.438. The van der Waals surface area contributed by atoms with Crippen LogP contribution < -0.4 is 4.74 Å². The van der Waals surface area contributed by atoms with Gasteiger partial charge in [-0.15, -0.1) is 0 Å². The van der Waals surface area contributed by atoms with Crippen LogP contribution in [0.5, 0.6) is 5.75 Å². The van der Waals surface area contributed by atoms with Crippen molar-refractivity contribution in [3.63, 3.8) is 0 Å². The van der Waals surface area contributed by atoms with Crippen LogP contribution in [0.3, 0.4) is 0 Å². The molecule has 0 N–H and O–H groups in total. The normalized spacial score (nSPS) is 22.0. The molecule has 3 rings (SSSR count). The maximum atomic E-state index is 12.3. The van der Waals surface area contributed by atoms with Crippen LogP contribution in [-0.2, 0) is 23.9 Å². The first kappa shape index (κ1) is 15.3. The van der Waals surface area contributed by atoms with Crippen molar-refractivity contribution in [2.45, 2.75) is 5.92 Å². The fourth-order valence-electron chi connectivity index (χ4n) is 3.00. The first-order valence-electron chi connectivity index (χ1n) is 7.24. The van der Waals surface area contributed by atoms with Gasteiger partial charge in [-0.25, -0.2) is 0 Å². The van der Waals surface area contributed by atoms with Gasteiger partial charge in [0.2, 0.25) is 0 Å². The third-order valence-corrected chi connectivity index (χ3v) is 4.12. The minimum atomic E-state index is -1.16. The topological polar surface area (TPSA) is 83.4 Å². The standard InChI is InChI=1S/C16H17NO6/c1-20-15(18)13(16(19)21-2)12-10-5-3-4-6-11(10)22-7-9-8-23-17-14(9)12/h3-6,9,12-13H,7-8H2,1-2H3/t9-,12+/m0/s1. The Bertz CT molecular complexity index is 640. The summed E-state index contributed by atoms with van der Waals surface area (Å²) in [6.45, 7) is 0.732. The Morgan fingerprint density at radius 3 is 2.57 bits per heavy atom. The molecule has 7 heteroatoms. The molecule has 0 aromatic heterocycles. The number of hydrogen-bond donors (Lipinski definition) is 0. The number of benzene rings is 1. The number of para-hydroxylation sites is 1. The molecule has 0 radical (unpaired) electrons. The summed E-state index contributed by atoms with van der Waals surface area (Å²) in [7, 11) is 2.48. The minimum Gasteiger partial charge on any atom is -0.492 e. The van der Waals surface area contributed by atoms with Crippen molar-refractivity contribution in [1.29, 1.82) is 0 Å². The summed E-state index contributed by atoms with van der Waals surface area (Å²) in [5.41, 5.74) is 1.30. The molecule has 0 amide bonds. The van der Waals surface area contributed by atoms with Crippen molar-refractivity contribution in [1.82, 2.24) is 0 Å². The predicted octanol–water partition coefficient (Wildman–Crippen LogP) is 1.13. The molecule has 1 aromatic carbocycles. The second-order valence-electron chi connectivity index (χ2n) is 5.36. The number of hydrogen-bond acceptors (Lipinski definition) is 7. The van der Waals surface area contributed by atoms with Crippen LogP contribution in [0.4, 0.5) is 0 Å². The first-order valence-corrected chi connectivity index (χ1v) is 7.24. The van der Waals surface area contributed by atoms with Gasteiger partial charge >= 0.3 is 11.9 Å². The second-order valence-corrected chi connectivity index (χ2v) is 5.36. The second kappa shape index (κ2) is 6.28. The van der Waals surface area contributed by atoms with Gasteiger partial charge < -0.3 is 19.0 Å². The van der Waals surface area contributed by atoms with Crippen molar-refractivity contribution in [2.24, 2.45) is 17.0 Å². The quantitative estimate of drug-likeness (QED) is 0.613. The SMILES string of the molecule is COC(=O)C(C(=O)OC)[C@@H]1C2=NOC[C@@H]2COc2ccccc21. The van der Waals surface area contributed by atoms with Crippen LogP contribution in [0.25, 0.3) is 0 Å². The summed E-state index contributed by atoms with van der Waals surface area (Å²) in [5.74, 6) is -2.65. The molecule has 0 unspecified atom stereocenters. The van der Waals surface area contributed by atoms with E-state index < -0.39 is 23.8 Å². The maximum absolute atomic E-state index is 12.3. The number of esters is 2. The summed E-state index contributed by atoms with van der Waals surface area (Å²) in [4.78, 5) is 29.7. The van der Waals surface area contributed by atoms with Crippen LogP contribution >= 0.6 is 0 Å². The van der Waals surface area contributed by atoms with Crippen molar-refractivity contribution in [3.05, 3.63) is 29.8 Å². The van der Waals surface area contributed by atoms with Gasteiger partial charge in [-0.05, 0) is 6.07 Å². The molecule has 0 saturated heterocycles. The molecule has 7 nitrogen and oxygen atoms in total. The molecule has 2 heterocycles. The maximum Gasteiger partial charge on any atom is 0.321 e. The molecule has 0 saturated carbocycles. The van der Waals surface area contributed by atoms with Crippen LogP contribution in [0.15, 0.2) is 29.4 Å². The highest BCUT2D eigenvalue weighted by molar-refractivity contribution is 6.06.